The second kappa shape index (κ2) is 5.82. The molecule has 0 spiro atoms. The van der Waals surface area contributed by atoms with E-state index in [1.54, 1.807) is 47.2 Å². The summed E-state index contributed by atoms with van der Waals surface area (Å²) >= 11 is 1.41. The van der Waals surface area contributed by atoms with Crippen LogP contribution in [0.3, 0.4) is 0 Å². The van der Waals surface area contributed by atoms with Crippen LogP contribution in [0.4, 0.5) is 5.88 Å². The molecular formula is C15H10N2O4S. The van der Waals surface area contributed by atoms with Crippen LogP contribution in [0, 0.1) is 0 Å². The number of rotatable bonds is 4. The van der Waals surface area contributed by atoms with Crippen LogP contribution >= 0.6 is 11.3 Å². The number of carboxylic acid groups (broad SMARTS) is 1. The van der Waals surface area contributed by atoms with E-state index in [-0.39, 0.29) is 17.1 Å². The van der Waals surface area contributed by atoms with Crippen molar-refractivity contribution in [3.63, 3.8) is 0 Å². The minimum absolute atomic E-state index is 0.164. The molecule has 0 aliphatic rings. The van der Waals surface area contributed by atoms with Crippen LogP contribution in [-0.4, -0.2) is 22.1 Å². The lowest BCUT2D eigenvalue weighted by atomic mass is 10.1. The minimum Gasteiger partial charge on any atom is -0.477 e. The lowest BCUT2D eigenvalue weighted by Gasteiger charge is -2.02. The van der Waals surface area contributed by atoms with E-state index in [0.717, 1.165) is 0 Å². The van der Waals surface area contributed by atoms with Crippen molar-refractivity contribution in [1.29, 1.82) is 0 Å². The summed E-state index contributed by atoms with van der Waals surface area (Å²) < 4.78 is 5.01. The van der Waals surface area contributed by atoms with Gasteiger partial charge < -0.3 is 9.63 Å². The number of hydrogen-bond acceptors (Lipinski definition) is 5. The number of amides is 1. The number of hydrogen-bond donors (Lipinski definition) is 2. The Morgan fingerprint density at radius 2 is 1.95 bits per heavy atom. The highest BCUT2D eigenvalue weighted by Crippen LogP contribution is 2.30. The van der Waals surface area contributed by atoms with Crippen LogP contribution in [0.2, 0.25) is 0 Å². The molecule has 0 atom stereocenters. The quantitative estimate of drug-likeness (QED) is 0.770. The fourth-order valence-corrected chi connectivity index (χ4v) is 2.58. The number of benzene rings is 1. The first-order chi connectivity index (χ1) is 10.7. The van der Waals surface area contributed by atoms with E-state index in [0.29, 0.717) is 11.1 Å². The van der Waals surface area contributed by atoms with E-state index >= 15 is 0 Å². The van der Waals surface area contributed by atoms with Crippen LogP contribution in [0.15, 0.2) is 51.7 Å². The van der Waals surface area contributed by atoms with Crippen molar-refractivity contribution in [2.75, 3.05) is 5.32 Å². The first kappa shape index (κ1) is 14.0. The molecule has 0 fully saturated rings. The topological polar surface area (TPSA) is 92.4 Å². The number of aromatic carboxylic acids is 1. The van der Waals surface area contributed by atoms with E-state index < -0.39 is 11.9 Å². The van der Waals surface area contributed by atoms with Crippen LogP contribution in [0.25, 0.3) is 11.3 Å². The Labute approximate surface area is 129 Å². The molecule has 1 aromatic carbocycles. The lowest BCUT2D eigenvalue weighted by Crippen LogP contribution is -2.13. The van der Waals surface area contributed by atoms with Crippen molar-refractivity contribution < 1.29 is 19.2 Å². The Hall–Kier alpha value is -2.93. The third-order valence-corrected chi connectivity index (χ3v) is 3.65. The smallest absolute Gasteiger partial charge is 0.343 e. The van der Waals surface area contributed by atoms with Gasteiger partial charge in [0.1, 0.15) is 5.69 Å². The standard InChI is InChI=1S/C15H10N2O4S/c18-13(9-4-2-1-3-5-9)16-14-11(15(19)20)12(17-21-14)10-6-7-22-8-10/h1-8H,(H,16,18)(H,19,20). The molecule has 22 heavy (non-hydrogen) atoms. The molecule has 1 amide bonds. The van der Waals surface area contributed by atoms with Gasteiger partial charge in [0.25, 0.3) is 5.91 Å². The van der Waals surface area contributed by atoms with E-state index in [1.807, 2.05) is 0 Å². The number of thiophene rings is 1. The number of carboxylic acids is 1. The van der Waals surface area contributed by atoms with Crippen molar-refractivity contribution in [1.82, 2.24) is 5.16 Å². The van der Waals surface area contributed by atoms with E-state index in [2.05, 4.69) is 10.5 Å². The number of anilines is 1. The Morgan fingerprint density at radius 1 is 1.18 bits per heavy atom. The summed E-state index contributed by atoms with van der Waals surface area (Å²) in [6.45, 7) is 0. The zero-order valence-corrected chi connectivity index (χ0v) is 12.0. The van der Waals surface area contributed by atoms with Crippen molar-refractivity contribution in [2.45, 2.75) is 0 Å². The fourth-order valence-electron chi connectivity index (χ4n) is 1.93. The summed E-state index contributed by atoms with van der Waals surface area (Å²) in [5.74, 6) is -1.86. The molecular weight excluding hydrogens is 304 g/mol. The van der Waals surface area contributed by atoms with Gasteiger partial charge in [-0.2, -0.15) is 11.3 Å². The number of nitrogens with one attached hydrogen (secondary N) is 1. The molecule has 0 aliphatic heterocycles. The summed E-state index contributed by atoms with van der Waals surface area (Å²) in [6.07, 6.45) is 0. The maximum absolute atomic E-state index is 12.1. The Bertz CT molecular complexity index is 809. The summed E-state index contributed by atoms with van der Waals surface area (Å²) in [6, 6.07) is 10.2. The van der Waals surface area contributed by atoms with Gasteiger partial charge in [-0.05, 0) is 23.6 Å². The van der Waals surface area contributed by atoms with Crippen LogP contribution in [-0.2, 0) is 0 Å². The molecule has 0 saturated heterocycles. The van der Waals surface area contributed by atoms with Gasteiger partial charge in [0.15, 0.2) is 5.56 Å². The summed E-state index contributed by atoms with van der Waals surface area (Å²) in [5.41, 5.74) is 1.05. The van der Waals surface area contributed by atoms with Crippen molar-refractivity contribution in [3.8, 4) is 11.3 Å². The zero-order chi connectivity index (χ0) is 15.5. The van der Waals surface area contributed by atoms with Gasteiger partial charge in [0.2, 0.25) is 5.88 Å². The number of aromatic nitrogens is 1. The van der Waals surface area contributed by atoms with Crippen LogP contribution < -0.4 is 5.32 Å². The monoisotopic (exact) mass is 314 g/mol. The van der Waals surface area contributed by atoms with E-state index in [4.69, 9.17) is 4.52 Å². The highest BCUT2D eigenvalue weighted by molar-refractivity contribution is 7.08. The minimum atomic E-state index is -1.22. The fraction of sp³-hybridized carbons (Fsp3) is 0. The van der Waals surface area contributed by atoms with Crippen LogP contribution in [0.5, 0.6) is 0 Å². The Morgan fingerprint density at radius 3 is 2.59 bits per heavy atom. The van der Waals surface area contributed by atoms with Gasteiger partial charge in [0.05, 0.1) is 0 Å². The Kier molecular flexibility index (Phi) is 3.71. The molecule has 2 N–H and O–H groups in total. The van der Waals surface area contributed by atoms with Gasteiger partial charge >= 0.3 is 5.97 Å². The molecule has 0 unspecified atom stereocenters. The molecule has 0 radical (unpaired) electrons. The molecule has 0 saturated carbocycles. The van der Waals surface area contributed by atoms with Crippen molar-refractivity contribution in [2.24, 2.45) is 0 Å². The average Bonchev–Trinajstić information content (AvgIpc) is 3.16. The molecule has 0 aliphatic carbocycles. The number of carbonyl (C=O) groups is 2. The highest BCUT2D eigenvalue weighted by atomic mass is 32.1. The largest absolute Gasteiger partial charge is 0.477 e. The average molecular weight is 314 g/mol. The Balaban J connectivity index is 1.95. The number of nitrogens with zero attached hydrogens (tertiary/aromatic N) is 1. The third kappa shape index (κ3) is 2.61. The maximum atomic E-state index is 12.1. The molecule has 3 rings (SSSR count). The van der Waals surface area contributed by atoms with Crippen LogP contribution in [0.1, 0.15) is 20.7 Å². The zero-order valence-electron chi connectivity index (χ0n) is 11.1. The second-order valence-corrected chi connectivity index (χ2v) is 5.15. The summed E-state index contributed by atoms with van der Waals surface area (Å²) in [7, 11) is 0. The molecule has 7 heteroatoms. The lowest BCUT2D eigenvalue weighted by molar-refractivity contribution is 0.0698. The van der Waals surface area contributed by atoms with E-state index in [1.165, 1.54) is 11.3 Å². The first-order valence-electron chi connectivity index (χ1n) is 6.28. The summed E-state index contributed by atoms with van der Waals surface area (Å²) in [5, 5.41) is 19.1. The SMILES string of the molecule is O=C(Nc1onc(-c2ccsc2)c1C(=O)O)c1ccccc1. The first-order valence-corrected chi connectivity index (χ1v) is 7.23. The predicted octanol–water partition coefficient (Wildman–Crippen LogP) is 3.35. The second-order valence-electron chi connectivity index (χ2n) is 4.37. The molecule has 3 aromatic rings. The third-order valence-electron chi connectivity index (χ3n) is 2.96. The molecule has 0 bridgehead atoms. The van der Waals surface area contributed by atoms with Gasteiger partial charge in [-0.25, -0.2) is 4.79 Å². The van der Waals surface area contributed by atoms with Gasteiger partial charge in [0, 0.05) is 16.5 Å². The normalized spacial score (nSPS) is 10.4. The molecule has 2 heterocycles. The molecule has 6 nitrogen and oxygen atoms in total. The summed E-state index contributed by atoms with van der Waals surface area (Å²) in [4.78, 5) is 23.6. The van der Waals surface area contributed by atoms with Gasteiger partial charge in [-0.1, -0.05) is 23.4 Å². The van der Waals surface area contributed by atoms with Gasteiger partial charge in [-0.15, -0.1) is 0 Å². The predicted molar refractivity (Wildman–Crippen MR) is 81.2 cm³/mol. The number of carbonyl (C=O) groups excluding carboxylic acids is 1. The van der Waals surface area contributed by atoms with Gasteiger partial charge in [-0.3, -0.25) is 10.1 Å². The van der Waals surface area contributed by atoms with Crippen molar-refractivity contribution >= 4 is 29.1 Å². The molecule has 110 valence electrons. The maximum Gasteiger partial charge on any atom is 0.343 e. The highest BCUT2D eigenvalue weighted by Gasteiger charge is 2.25. The van der Waals surface area contributed by atoms with E-state index in [9.17, 15) is 14.7 Å². The molecule has 2 aromatic heterocycles. The van der Waals surface area contributed by atoms with Crippen molar-refractivity contribution in [3.05, 3.63) is 58.3 Å².